The fourth-order valence-electron chi connectivity index (χ4n) is 2.18. The van der Waals surface area contributed by atoms with E-state index in [0.29, 0.717) is 35.6 Å². The molecule has 0 atom stereocenters. The zero-order chi connectivity index (χ0) is 16.2. The number of nitrogens with zero attached hydrogens (tertiary/aromatic N) is 1. The summed E-state index contributed by atoms with van der Waals surface area (Å²) in [6.45, 7) is 11.1. The van der Waals surface area contributed by atoms with Gasteiger partial charge in [0.1, 0.15) is 0 Å². The van der Waals surface area contributed by atoms with Gasteiger partial charge in [0, 0.05) is 30.7 Å². The lowest BCUT2D eigenvalue weighted by Gasteiger charge is -2.21. The fourth-order valence-corrected chi connectivity index (χ4v) is 4.23. The van der Waals surface area contributed by atoms with Crippen LogP contribution in [0.4, 0.5) is 0 Å². The third-order valence-electron chi connectivity index (χ3n) is 3.46. The Morgan fingerprint density at radius 3 is 2.29 bits per heavy atom. The van der Waals surface area contributed by atoms with Gasteiger partial charge in [-0.2, -0.15) is 4.31 Å². The van der Waals surface area contributed by atoms with Crippen molar-refractivity contribution in [3.8, 4) is 0 Å². The summed E-state index contributed by atoms with van der Waals surface area (Å²) in [4.78, 5) is 0.305. The minimum atomic E-state index is -3.49. The second kappa shape index (κ2) is 7.58. The highest BCUT2D eigenvalue weighted by atomic mass is 35.5. The van der Waals surface area contributed by atoms with E-state index in [1.807, 2.05) is 40.7 Å². The molecule has 1 aromatic rings. The molecule has 0 radical (unpaired) electrons. The maximum absolute atomic E-state index is 12.7. The number of halogens is 1. The quantitative estimate of drug-likeness (QED) is 0.834. The van der Waals surface area contributed by atoms with Crippen molar-refractivity contribution in [1.82, 2.24) is 9.62 Å². The van der Waals surface area contributed by atoms with Gasteiger partial charge < -0.3 is 5.32 Å². The lowest BCUT2D eigenvalue weighted by molar-refractivity contribution is 0.444. The van der Waals surface area contributed by atoms with Gasteiger partial charge in [0.2, 0.25) is 10.0 Å². The summed E-state index contributed by atoms with van der Waals surface area (Å²) in [5, 5.41) is 3.75. The van der Waals surface area contributed by atoms with Crippen LogP contribution < -0.4 is 5.32 Å². The van der Waals surface area contributed by atoms with Gasteiger partial charge in [-0.25, -0.2) is 8.42 Å². The lowest BCUT2D eigenvalue weighted by atomic mass is 10.1. The van der Waals surface area contributed by atoms with Crippen LogP contribution in [0.5, 0.6) is 0 Å². The van der Waals surface area contributed by atoms with Crippen molar-refractivity contribution in [3.05, 3.63) is 28.3 Å². The molecule has 0 aromatic heterocycles. The van der Waals surface area contributed by atoms with Gasteiger partial charge in [-0.05, 0) is 30.2 Å². The third kappa shape index (κ3) is 4.42. The zero-order valence-electron chi connectivity index (χ0n) is 13.4. The first-order valence-corrected chi connectivity index (χ1v) is 9.08. The first-order valence-electron chi connectivity index (χ1n) is 7.26. The molecule has 120 valence electrons. The molecule has 0 bridgehead atoms. The minimum absolute atomic E-state index is 0.305. The average molecular weight is 333 g/mol. The molecule has 1 rings (SSSR count). The third-order valence-corrected chi connectivity index (χ3v) is 5.85. The Morgan fingerprint density at radius 2 is 1.81 bits per heavy atom. The molecule has 0 aliphatic carbocycles. The van der Waals surface area contributed by atoms with Crippen molar-refractivity contribution in [2.45, 2.75) is 52.1 Å². The highest BCUT2D eigenvalue weighted by molar-refractivity contribution is 7.89. The van der Waals surface area contributed by atoms with Crippen LogP contribution >= 0.6 is 11.6 Å². The molecule has 0 saturated carbocycles. The summed E-state index contributed by atoms with van der Waals surface area (Å²) in [5.74, 6) is 0. The first kappa shape index (κ1) is 18.4. The van der Waals surface area contributed by atoms with Gasteiger partial charge in [0.25, 0.3) is 0 Å². The standard InChI is InChI=1S/C15H25ClN2O2S/c1-6-18(7-2)21(19,20)15-9-14(16)8-13(12(15)5)10-17-11(3)4/h8-9,11,17H,6-7,10H2,1-5H3. The number of benzene rings is 1. The summed E-state index contributed by atoms with van der Waals surface area (Å²) < 4.78 is 26.9. The number of nitrogens with one attached hydrogen (secondary N) is 1. The van der Waals surface area contributed by atoms with Crippen LogP contribution in [0, 0.1) is 6.92 Å². The maximum Gasteiger partial charge on any atom is 0.243 e. The molecule has 0 heterocycles. The van der Waals surface area contributed by atoms with Gasteiger partial charge in [-0.15, -0.1) is 0 Å². The van der Waals surface area contributed by atoms with Gasteiger partial charge >= 0.3 is 0 Å². The summed E-state index contributed by atoms with van der Waals surface area (Å²) in [6, 6.07) is 3.70. The molecule has 0 aliphatic rings. The fraction of sp³-hybridized carbons (Fsp3) is 0.600. The molecular formula is C15H25ClN2O2S. The van der Waals surface area contributed by atoms with E-state index < -0.39 is 10.0 Å². The molecule has 0 unspecified atom stereocenters. The molecule has 1 aromatic carbocycles. The second-order valence-electron chi connectivity index (χ2n) is 5.31. The predicted molar refractivity (Wildman–Crippen MR) is 88.3 cm³/mol. The molecule has 1 N–H and O–H groups in total. The normalized spacial score (nSPS) is 12.4. The van der Waals surface area contributed by atoms with E-state index in [9.17, 15) is 8.42 Å². The lowest BCUT2D eigenvalue weighted by Crippen LogP contribution is -2.31. The highest BCUT2D eigenvalue weighted by Gasteiger charge is 2.25. The van der Waals surface area contributed by atoms with Crippen LogP contribution in [0.3, 0.4) is 0 Å². The van der Waals surface area contributed by atoms with Crippen LogP contribution in [-0.4, -0.2) is 31.9 Å². The van der Waals surface area contributed by atoms with Gasteiger partial charge in [0.15, 0.2) is 0 Å². The topological polar surface area (TPSA) is 49.4 Å². The molecule has 0 spiro atoms. The van der Waals surface area contributed by atoms with Gasteiger partial charge in [-0.1, -0.05) is 39.3 Å². The van der Waals surface area contributed by atoms with E-state index in [1.165, 1.54) is 4.31 Å². The zero-order valence-corrected chi connectivity index (χ0v) is 15.0. The van der Waals surface area contributed by atoms with Crippen molar-refractivity contribution in [3.63, 3.8) is 0 Å². The van der Waals surface area contributed by atoms with E-state index in [1.54, 1.807) is 6.07 Å². The molecule has 0 aliphatic heterocycles. The van der Waals surface area contributed by atoms with E-state index in [2.05, 4.69) is 5.32 Å². The molecule has 0 amide bonds. The van der Waals surface area contributed by atoms with Crippen molar-refractivity contribution >= 4 is 21.6 Å². The Morgan fingerprint density at radius 1 is 1.24 bits per heavy atom. The van der Waals surface area contributed by atoms with Crippen molar-refractivity contribution < 1.29 is 8.42 Å². The van der Waals surface area contributed by atoms with Gasteiger partial charge in [0.05, 0.1) is 4.90 Å². The summed E-state index contributed by atoms with van der Waals surface area (Å²) in [6.07, 6.45) is 0. The van der Waals surface area contributed by atoms with E-state index >= 15 is 0 Å². The molecule has 21 heavy (non-hydrogen) atoms. The first-order chi connectivity index (χ1) is 9.73. The van der Waals surface area contributed by atoms with Crippen molar-refractivity contribution in [2.24, 2.45) is 0 Å². The summed E-state index contributed by atoms with van der Waals surface area (Å²) in [7, 11) is -3.49. The molecule has 6 heteroatoms. The Balaban J connectivity index is 3.31. The molecule has 0 saturated heterocycles. The highest BCUT2D eigenvalue weighted by Crippen LogP contribution is 2.27. The average Bonchev–Trinajstić information content (AvgIpc) is 2.40. The number of hydrogen-bond donors (Lipinski definition) is 1. The van der Waals surface area contributed by atoms with Crippen LogP contribution in [-0.2, 0) is 16.6 Å². The monoisotopic (exact) mass is 332 g/mol. The number of sulfonamides is 1. The number of hydrogen-bond acceptors (Lipinski definition) is 3. The summed E-state index contributed by atoms with van der Waals surface area (Å²) >= 11 is 6.12. The maximum atomic E-state index is 12.7. The predicted octanol–water partition coefficient (Wildman–Crippen LogP) is 3.18. The minimum Gasteiger partial charge on any atom is -0.310 e. The van der Waals surface area contributed by atoms with Crippen LogP contribution in [0.15, 0.2) is 17.0 Å². The second-order valence-corrected chi connectivity index (χ2v) is 7.66. The Bertz CT molecular complexity index is 582. The smallest absolute Gasteiger partial charge is 0.243 e. The summed E-state index contributed by atoms with van der Waals surface area (Å²) in [5.41, 5.74) is 1.68. The number of rotatable bonds is 7. The molecule has 0 fully saturated rings. The van der Waals surface area contributed by atoms with Crippen molar-refractivity contribution in [1.29, 1.82) is 0 Å². The SMILES string of the molecule is CCN(CC)S(=O)(=O)c1cc(Cl)cc(CNC(C)C)c1C. The van der Waals surface area contributed by atoms with Crippen LogP contribution in [0.25, 0.3) is 0 Å². The molecule has 4 nitrogen and oxygen atoms in total. The Labute approximate surface area is 133 Å². The van der Waals surface area contributed by atoms with Crippen LogP contribution in [0.1, 0.15) is 38.8 Å². The van der Waals surface area contributed by atoms with Crippen molar-refractivity contribution in [2.75, 3.05) is 13.1 Å². The molecular weight excluding hydrogens is 308 g/mol. The van der Waals surface area contributed by atoms with E-state index in [0.717, 1.165) is 11.1 Å². The van der Waals surface area contributed by atoms with Gasteiger partial charge in [-0.3, -0.25) is 0 Å². The Hall–Kier alpha value is -0.620. The Kier molecular flexibility index (Phi) is 6.66. The van der Waals surface area contributed by atoms with E-state index in [4.69, 9.17) is 11.6 Å². The largest absolute Gasteiger partial charge is 0.310 e. The van der Waals surface area contributed by atoms with E-state index in [-0.39, 0.29) is 0 Å². The van der Waals surface area contributed by atoms with Crippen LogP contribution in [0.2, 0.25) is 5.02 Å².